The fraction of sp³-hybridized carbons (Fsp3) is 0.385. The number of carbonyl (C=O) groups excluding carboxylic acids is 1. The Morgan fingerprint density at radius 2 is 1.83 bits per heavy atom. The molecule has 5 heteroatoms. The standard InChI is InChI=1S/C13H16ClNO3/c1-8(2)15-11(7-12(16)17)13(18)9-3-5-10(14)6-4-9/h3-6,8,11,15H,7H2,1-2H3,(H,16,17). The molecule has 0 aliphatic carbocycles. The summed E-state index contributed by atoms with van der Waals surface area (Å²) >= 11 is 5.74. The monoisotopic (exact) mass is 269 g/mol. The van der Waals surface area contributed by atoms with Crippen LogP contribution in [0.3, 0.4) is 0 Å². The number of halogens is 1. The first kappa shape index (κ1) is 14.7. The van der Waals surface area contributed by atoms with E-state index in [0.717, 1.165) is 0 Å². The van der Waals surface area contributed by atoms with Gasteiger partial charge < -0.3 is 10.4 Å². The molecule has 1 rings (SSSR count). The molecule has 0 aromatic heterocycles. The first-order valence-corrected chi connectivity index (χ1v) is 6.05. The van der Waals surface area contributed by atoms with E-state index in [4.69, 9.17) is 16.7 Å². The molecule has 2 N–H and O–H groups in total. The van der Waals surface area contributed by atoms with Gasteiger partial charge in [0.1, 0.15) is 0 Å². The summed E-state index contributed by atoms with van der Waals surface area (Å²) in [5, 5.41) is 12.3. The smallest absolute Gasteiger partial charge is 0.305 e. The van der Waals surface area contributed by atoms with Crippen molar-refractivity contribution in [1.82, 2.24) is 5.32 Å². The Hall–Kier alpha value is -1.39. The van der Waals surface area contributed by atoms with E-state index < -0.39 is 12.0 Å². The molecule has 0 bridgehead atoms. The van der Waals surface area contributed by atoms with Gasteiger partial charge in [-0.25, -0.2) is 0 Å². The lowest BCUT2D eigenvalue weighted by molar-refractivity contribution is -0.137. The maximum atomic E-state index is 12.2. The largest absolute Gasteiger partial charge is 0.481 e. The molecule has 98 valence electrons. The van der Waals surface area contributed by atoms with Crippen molar-refractivity contribution in [2.75, 3.05) is 0 Å². The summed E-state index contributed by atoms with van der Waals surface area (Å²) in [7, 11) is 0. The number of rotatable bonds is 6. The Morgan fingerprint density at radius 1 is 1.28 bits per heavy atom. The van der Waals surface area contributed by atoms with E-state index in [2.05, 4.69) is 5.32 Å². The quantitative estimate of drug-likeness (QED) is 0.778. The predicted octanol–water partition coefficient (Wildman–Crippen LogP) is 2.36. The highest BCUT2D eigenvalue weighted by Crippen LogP contribution is 2.12. The Bertz CT molecular complexity index is 428. The molecular formula is C13H16ClNO3. The second kappa shape index (κ2) is 6.52. The number of carboxylic acids is 1. The zero-order chi connectivity index (χ0) is 13.7. The van der Waals surface area contributed by atoms with Gasteiger partial charge in [0.15, 0.2) is 5.78 Å². The van der Waals surface area contributed by atoms with Crippen LogP contribution < -0.4 is 5.32 Å². The van der Waals surface area contributed by atoms with Gasteiger partial charge in [0.2, 0.25) is 0 Å². The zero-order valence-electron chi connectivity index (χ0n) is 10.3. The number of carbonyl (C=O) groups is 2. The van der Waals surface area contributed by atoms with Crippen LogP contribution in [-0.2, 0) is 4.79 Å². The van der Waals surface area contributed by atoms with Crippen LogP contribution in [0.2, 0.25) is 5.02 Å². The number of hydrogen-bond acceptors (Lipinski definition) is 3. The number of hydrogen-bond donors (Lipinski definition) is 2. The molecule has 0 saturated carbocycles. The van der Waals surface area contributed by atoms with Crippen molar-refractivity contribution in [3.05, 3.63) is 34.9 Å². The van der Waals surface area contributed by atoms with Gasteiger partial charge in [-0.05, 0) is 24.3 Å². The lowest BCUT2D eigenvalue weighted by Gasteiger charge is -2.18. The number of Topliss-reactive ketones (excluding diaryl/α,β-unsaturated/α-hetero) is 1. The number of aliphatic carboxylic acids is 1. The topological polar surface area (TPSA) is 66.4 Å². The fourth-order valence-electron chi connectivity index (χ4n) is 1.62. The maximum absolute atomic E-state index is 12.2. The van der Waals surface area contributed by atoms with Crippen molar-refractivity contribution in [2.24, 2.45) is 0 Å². The van der Waals surface area contributed by atoms with Crippen molar-refractivity contribution in [3.8, 4) is 0 Å². The van der Waals surface area contributed by atoms with Gasteiger partial charge in [-0.1, -0.05) is 25.4 Å². The van der Waals surface area contributed by atoms with E-state index in [-0.39, 0.29) is 18.2 Å². The van der Waals surface area contributed by atoms with Gasteiger partial charge in [-0.15, -0.1) is 0 Å². The SMILES string of the molecule is CC(C)NC(CC(=O)O)C(=O)c1ccc(Cl)cc1. The summed E-state index contributed by atoms with van der Waals surface area (Å²) in [6.45, 7) is 3.73. The summed E-state index contributed by atoms with van der Waals surface area (Å²) in [6.07, 6.45) is -0.236. The van der Waals surface area contributed by atoms with Crippen LogP contribution in [0.1, 0.15) is 30.6 Å². The minimum Gasteiger partial charge on any atom is -0.481 e. The summed E-state index contributed by atoms with van der Waals surface area (Å²) in [4.78, 5) is 22.9. The van der Waals surface area contributed by atoms with Crippen molar-refractivity contribution in [3.63, 3.8) is 0 Å². The first-order valence-electron chi connectivity index (χ1n) is 5.67. The van der Waals surface area contributed by atoms with Crippen LogP contribution in [0.15, 0.2) is 24.3 Å². The molecule has 1 unspecified atom stereocenters. The molecule has 1 atom stereocenters. The van der Waals surface area contributed by atoms with E-state index in [9.17, 15) is 9.59 Å². The fourth-order valence-corrected chi connectivity index (χ4v) is 1.75. The van der Waals surface area contributed by atoms with Gasteiger partial charge in [-0.2, -0.15) is 0 Å². The Morgan fingerprint density at radius 3 is 2.28 bits per heavy atom. The van der Waals surface area contributed by atoms with Crippen LogP contribution in [-0.4, -0.2) is 28.9 Å². The highest BCUT2D eigenvalue weighted by Gasteiger charge is 2.23. The zero-order valence-corrected chi connectivity index (χ0v) is 11.1. The van der Waals surface area contributed by atoms with Gasteiger partial charge in [0, 0.05) is 16.6 Å². The van der Waals surface area contributed by atoms with E-state index >= 15 is 0 Å². The molecule has 0 amide bonds. The Balaban J connectivity index is 2.87. The minimum atomic E-state index is -1.00. The summed E-state index contributed by atoms with van der Waals surface area (Å²) < 4.78 is 0. The second-order valence-electron chi connectivity index (χ2n) is 4.34. The van der Waals surface area contributed by atoms with Gasteiger partial charge in [0.05, 0.1) is 12.5 Å². The van der Waals surface area contributed by atoms with Crippen LogP contribution >= 0.6 is 11.6 Å². The average Bonchev–Trinajstić information content (AvgIpc) is 2.27. The average molecular weight is 270 g/mol. The van der Waals surface area contributed by atoms with Crippen molar-refractivity contribution in [1.29, 1.82) is 0 Å². The molecule has 0 spiro atoms. The molecule has 0 fully saturated rings. The van der Waals surface area contributed by atoms with Crippen LogP contribution in [0, 0.1) is 0 Å². The molecule has 1 aromatic rings. The molecular weight excluding hydrogens is 254 g/mol. The van der Waals surface area contributed by atoms with E-state index in [1.807, 2.05) is 13.8 Å². The summed E-state index contributed by atoms with van der Waals surface area (Å²) in [5.74, 6) is -1.24. The van der Waals surface area contributed by atoms with Gasteiger partial charge in [-0.3, -0.25) is 9.59 Å². The second-order valence-corrected chi connectivity index (χ2v) is 4.78. The number of benzene rings is 1. The normalized spacial score (nSPS) is 12.4. The van der Waals surface area contributed by atoms with E-state index in [1.54, 1.807) is 24.3 Å². The van der Waals surface area contributed by atoms with Crippen molar-refractivity contribution < 1.29 is 14.7 Å². The lowest BCUT2D eigenvalue weighted by Crippen LogP contribution is -2.42. The number of ketones is 1. The molecule has 18 heavy (non-hydrogen) atoms. The predicted molar refractivity (Wildman–Crippen MR) is 70.1 cm³/mol. The van der Waals surface area contributed by atoms with Crippen molar-refractivity contribution >= 4 is 23.4 Å². The molecule has 0 aliphatic rings. The van der Waals surface area contributed by atoms with Gasteiger partial charge >= 0.3 is 5.97 Å². The minimum absolute atomic E-state index is 0.0330. The summed E-state index contributed by atoms with van der Waals surface area (Å²) in [6, 6.07) is 5.74. The highest BCUT2D eigenvalue weighted by atomic mass is 35.5. The lowest BCUT2D eigenvalue weighted by atomic mass is 10.0. The maximum Gasteiger partial charge on any atom is 0.305 e. The third kappa shape index (κ3) is 4.47. The Labute approximate surface area is 111 Å². The molecule has 0 saturated heterocycles. The molecule has 0 heterocycles. The Kier molecular flexibility index (Phi) is 5.31. The van der Waals surface area contributed by atoms with E-state index in [1.165, 1.54) is 0 Å². The molecule has 1 aromatic carbocycles. The number of carboxylic acid groups (broad SMARTS) is 1. The molecule has 0 radical (unpaired) electrons. The van der Waals surface area contributed by atoms with Crippen LogP contribution in [0.4, 0.5) is 0 Å². The van der Waals surface area contributed by atoms with Crippen LogP contribution in [0.25, 0.3) is 0 Å². The first-order chi connectivity index (χ1) is 8.40. The highest BCUT2D eigenvalue weighted by molar-refractivity contribution is 6.30. The third-order valence-corrected chi connectivity index (χ3v) is 2.61. The molecule has 0 aliphatic heterocycles. The molecule has 4 nitrogen and oxygen atoms in total. The third-order valence-electron chi connectivity index (χ3n) is 2.36. The number of nitrogens with one attached hydrogen (secondary N) is 1. The van der Waals surface area contributed by atoms with E-state index in [0.29, 0.717) is 10.6 Å². The van der Waals surface area contributed by atoms with Crippen LogP contribution in [0.5, 0.6) is 0 Å². The van der Waals surface area contributed by atoms with Gasteiger partial charge in [0.25, 0.3) is 0 Å². The van der Waals surface area contributed by atoms with Crippen molar-refractivity contribution in [2.45, 2.75) is 32.4 Å². The summed E-state index contributed by atoms with van der Waals surface area (Å²) in [5.41, 5.74) is 0.457.